The molecule has 1 aromatic carbocycles. The van der Waals surface area contributed by atoms with Crippen LogP contribution in [0.4, 0.5) is 4.79 Å². The molecule has 3 heteroatoms. The van der Waals surface area contributed by atoms with E-state index in [2.05, 4.69) is 17.4 Å². The molecule has 1 fully saturated rings. The van der Waals surface area contributed by atoms with Crippen molar-refractivity contribution >= 4 is 6.03 Å². The molecular weight excluding hydrogens is 200 g/mol. The fourth-order valence-corrected chi connectivity index (χ4v) is 2.09. The molecule has 1 aliphatic rings. The largest absolute Gasteiger partial charge is 0.331 e. The number of hydrogen-bond donors (Lipinski definition) is 1. The van der Waals surface area contributed by atoms with Crippen molar-refractivity contribution in [1.29, 1.82) is 0 Å². The zero-order chi connectivity index (χ0) is 11.6. The van der Waals surface area contributed by atoms with Crippen LogP contribution in [0.3, 0.4) is 0 Å². The van der Waals surface area contributed by atoms with Crippen LogP contribution in [-0.4, -0.2) is 25.0 Å². The quantitative estimate of drug-likeness (QED) is 0.812. The lowest BCUT2D eigenvalue weighted by molar-refractivity contribution is 0.161. The number of amides is 2. The Morgan fingerprint density at radius 1 is 1.25 bits per heavy atom. The molecule has 86 valence electrons. The molecule has 0 heterocycles. The van der Waals surface area contributed by atoms with Crippen LogP contribution < -0.4 is 5.32 Å². The average molecular weight is 218 g/mol. The Hall–Kier alpha value is -1.51. The molecule has 0 radical (unpaired) electrons. The van der Waals surface area contributed by atoms with Crippen LogP contribution in [0, 0.1) is 0 Å². The van der Waals surface area contributed by atoms with Crippen LogP contribution in [0.2, 0.25) is 0 Å². The molecule has 2 amide bonds. The first-order chi connectivity index (χ1) is 7.64. The van der Waals surface area contributed by atoms with E-state index in [1.165, 1.54) is 12.0 Å². The summed E-state index contributed by atoms with van der Waals surface area (Å²) in [6, 6.07) is 10.2. The van der Waals surface area contributed by atoms with Gasteiger partial charge >= 0.3 is 6.03 Å². The molecule has 1 saturated carbocycles. The maximum absolute atomic E-state index is 11.7. The van der Waals surface area contributed by atoms with E-state index in [1.54, 1.807) is 19.0 Å². The predicted molar refractivity (Wildman–Crippen MR) is 64.2 cm³/mol. The number of benzene rings is 1. The van der Waals surface area contributed by atoms with Crippen molar-refractivity contribution in [2.45, 2.75) is 24.8 Å². The van der Waals surface area contributed by atoms with Gasteiger partial charge in [-0.1, -0.05) is 30.3 Å². The number of carbonyl (C=O) groups excluding carboxylic acids is 1. The third kappa shape index (κ3) is 1.90. The fourth-order valence-electron chi connectivity index (χ4n) is 2.09. The highest BCUT2D eigenvalue weighted by Crippen LogP contribution is 2.41. The van der Waals surface area contributed by atoms with Crippen molar-refractivity contribution in [2.24, 2.45) is 0 Å². The molecule has 0 aliphatic heterocycles. The number of urea groups is 1. The van der Waals surface area contributed by atoms with Gasteiger partial charge in [-0.25, -0.2) is 4.79 Å². The normalized spacial score (nSPS) is 17.4. The standard InChI is InChI=1S/C13H18N2O/c1-15(2)12(16)14-13(9-6-10-13)11-7-4-3-5-8-11/h3-5,7-8H,6,9-10H2,1-2H3,(H,14,16). The minimum Gasteiger partial charge on any atom is -0.331 e. The Labute approximate surface area is 96.5 Å². The van der Waals surface area contributed by atoms with E-state index < -0.39 is 0 Å². The highest BCUT2D eigenvalue weighted by molar-refractivity contribution is 5.75. The molecule has 1 aromatic rings. The minimum atomic E-state index is -0.122. The average Bonchev–Trinajstić information content (AvgIpc) is 2.24. The zero-order valence-electron chi connectivity index (χ0n) is 9.86. The van der Waals surface area contributed by atoms with Crippen LogP contribution >= 0.6 is 0 Å². The van der Waals surface area contributed by atoms with Crippen molar-refractivity contribution in [3.63, 3.8) is 0 Å². The van der Waals surface area contributed by atoms with Crippen molar-refractivity contribution in [3.8, 4) is 0 Å². The SMILES string of the molecule is CN(C)C(=O)NC1(c2ccccc2)CCC1. The van der Waals surface area contributed by atoms with Crippen LogP contribution in [0.5, 0.6) is 0 Å². The van der Waals surface area contributed by atoms with Gasteiger partial charge < -0.3 is 10.2 Å². The molecule has 0 unspecified atom stereocenters. The molecule has 3 nitrogen and oxygen atoms in total. The van der Waals surface area contributed by atoms with Gasteiger partial charge in [0.2, 0.25) is 0 Å². The van der Waals surface area contributed by atoms with Crippen LogP contribution in [0.1, 0.15) is 24.8 Å². The van der Waals surface area contributed by atoms with Crippen LogP contribution in [0.25, 0.3) is 0 Å². The van der Waals surface area contributed by atoms with Gasteiger partial charge in [0.25, 0.3) is 0 Å². The van der Waals surface area contributed by atoms with Gasteiger partial charge in [0.15, 0.2) is 0 Å². The third-order valence-electron chi connectivity index (χ3n) is 3.29. The molecule has 1 aliphatic carbocycles. The second-order valence-corrected chi connectivity index (χ2v) is 4.63. The molecule has 0 bridgehead atoms. The smallest absolute Gasteiger partial charge is 0.317 e. The first kappa shape index (κ1) is 11.0. The third-order valence-corrected chi connectivity index (χ3v) is 3.29. The molecule has 0 saturated heterocycles. The van der Waals surface area contributed by atoms with Gasteiger partial charge in [-0.15, -0.1) is 0 Å². The maximum atomic E-state index is 11.7. The van der Waals surface area contributed by atoms with Crippen molar-refractivity contribution in [3.05, 3.63) is 35.9 Å². The summed E-state index contributed by atoms with van der Waals surface area (Å²) in [4.78, 5) is 13.3. The summed E-state index contributed by atoms with van der Waals surface area (Å²) in [5.74, 6) is 0. The molecule has 1 N–H and O–H groups in total. The second-order valence-electron chi connectivity index (χ2n) is 4.63. The summed E-state index contributed by atoms with van der Waals surface area (Å²) in [6.07, 6.45) is 3.26. The van der Waals surface area contributed by atoms with E-state index in [9.17, 15) is 4.79 Å². The minimum absolute atomic E-state index is 0.0106. The number of rotatable bonds is 2. The van der Waals surface area contributed by atoms with E-state index >= 15 is 0 Å². The molecule has 0 spiro atoms. The predicted octanol–water partition coefficient (Wildman–Crippen LogP) is 2.34. The lowest BCUT2D eigenvalue weighted by atomic mass is 9.72. The Morgan fingerprint density at radius 2 is 1.88 bits per heavy atom. The lowest BCUT2D eigenvalue weighted by Gasteiger charge is -2.43. The Kier molecular flexibility index (Phi) is 2.86. The topological polar surface area (TPSA) is 32.3 Å². The first-order valence-corrected chi connectivity index (χ1v) is 5.69. The van der Waals surface area contributed by atoms with Gasteiger partial charge in [0, 0.05) is 14.1 Å². The lowest BCUT2D eigenvalue weighted by Crippen LogP contribution is -2.53. The monoisotopic (exact) mass is 218 g/mol. The number of nitrogens with zero attached hydrogens (tertiary/aromatic N) is 1. The summed E-state index contributed by atoms with van der Waals surface area (Å²) < 4.78 is 0. The van der Waals surface area contributed by atoms with Gasteiger partial charge in [0.05, 0.1) is 5.54 Å². The summed E-state index contributed by atoms with van der Waals surface area (Å²) in [7, 11) is 3.54. The van der Waals surface area contributed by atoms with E-state index in [-0.39, 0.29) is 11.6 Å². The number of hydrogen-bond acceptors (Lipinski definition) is 1. The van der Waals surface area contributed by atoms with Crippen molar-refractivity contribution in [1.82, 2.24) is 10.2 Å². The summed E-state index contributed by atoms with van der Waals surface area (Å²) in [6.45, 7) is 0. The van der Waals surface area contributed by atoms with E-state index in [0.717, 1.165) is 12.8 Å². The summed E-state index contributed by atoms with van der Waals surface area (Å²) in [5, 5.41) is 3.13. The molecule has 0 atom stereocenters. The summed E-state index contributed by atoms with van der Waals surface area (Å²) >= 11 is 0. The van der Waals surface area contributed by atoms with Crippen molar-refractivity contribution in [2.75, 3.05) is 14.1 Å². The highest BCUT2D eigenvalue weighted by Gasteiger charge is 2.40. The second kappa shape index (κ2) is 4.16. The number of nitrogens with one attached hydrogen (secondary N) is 1. The first-order valence-electron chi connectivity index (χ1n) is 5.69. The van der Waals surface area contributed by atoms with E-state index in [0.29, 0.717) is 0 Å². The fraction of sp³-hybridized carbons (Fsp3) is 0.462. The van der Waals surface area contributed by atoms with Gasteiger partial charge in [-0.3, -0.25) is 0 Å². The molecule has 16 heavy (non-hydrogen) atoms. The zero-order valence-corrected chi connectivity index (χ0v) is 9.86. The Balaban J connectivity index is 2.18. The van der Waals surface area contributed by atoms with E-state index in [4.69, 9.17) is 0 Å². The van der Waals surface area contributed by atoms with Crippen LogP contribution in [-0.2, 0) is 5.54 Å². The molecule has 2 rings (SSSR count). The highest BCUT2D eigenvalue weighted by atomic mass is 16.2. The Morgan fingerprint density at radius 3 is 2.31 bits per heavy atom. The maximum Gasteiger partial charge on any atom is 0.317 e. The van der Waals surface area contributed by atoms with Gasteiger partial charge in [0.1, 0.15) is 0 Å². The van der Waals surface area contributed by atoms with Gasteiger partial charge in [-0.05, 0) is 24.8 Å². The number of carbonyl (C=O) groups is 1. The van der Waals surface area contributed by atoms with E-state index in [1.807, 2.05) is 18.2 Å². The Bertz CT molecular complexity index is 369. The molecular formula is C13H18N2O. The van der Waals surface area contributed by atoms with Crippen LogP contribution in [0.15, 0.2) is 30.3 Å². The van der Waals surface area contributed by atoms with Gasteiger partial charge in [-0.2, -0.15) is 0 Å². The van der Waals surface area contributed by atoms with Crippen molar-refractivity contribution < 1.29 is 4.79 Å². The summed E-state index contributed by atoms with van der Waals surface area (Å²) in [5.41, 5.74) is 1.10. The molecule has 0 aromatic heterocycles.